The first-order chi connectivity index (χ1) is 9.90. The van der Waals surface area contributed by atoms with Crippen LogP contribution in [0.2, 0.25) is 0 Å². The molecule has 1 rings (SSSR count). The van der Waals surface area contributed by atoms with Crippen molar-refractivity contribution in [3.8, 4) is 6.07 Å². The van der Waals surface area contributed by atoms with Gasteiger partial charge in [0.25, 0.3) is 0 Å². The topological polar surface area (TPSA) is 39.1 Å². The number of nitriles is 1. The van der Waals surface area contributed by atoms with Gasteiger partial charge in [-0.1, -0.05) is 34.6 Å². The number of hydrogen-bond acceptors (Lipinski definition) is 3. The van der Waals surface area contributed by atoms with Gasteiger partial charge >= 0.3 is 0 Å². The summed E-state index contributed by atoms with van der Waals surface area (Å²) in [4.78, 5) is 2.57. The van der Waals surface area contributed by atoms with Crippen LogP contribution in [0.25, 0.3) is 0 Å². The maximum Gasteiger partial charge on any atom is 0.106 e. The second kappa shape index (κ2) is 8.76. The highest BCUT2D eigenvalue weighted by atomic mass is 15.1. The first kappa shape index (κ1) is 18.5. The molecule has 1 aliphatic rings. The van der Waals surface area contributed by atoms with Crippen molar-refractivity contribution in [1.82, 2.24) is 10.2 Å². The van der Waals surface area contributed by atoms with Crippen LogP contribution in [0.1, 0.15) is 66.7 Å². The molecule has 21 heavy (non-hydrogen) atoms. The van der Waals surface area contributed by atoms with Crippen LogP contribution in [0.15, 0.2) is 0 Å². The summed E-state index contributed by atoms with van der Waals surface area (Å²) in [5, 5.41) is 13.2. The zero-order chi connectivity index (χ0) is 15.9. The third-order valence-corrected chi connectivity index (χ3v) is 4.20. The molecule has 0 amide bonds. The van der Waals surface area contributed by atoms with Gasteiger partial charge in [-0.2, -0.15) is 5.26 Å². The summed E-state index contributed by atoms with van der Waals surface area (Å²) in [6.45, 7) is 14.7. The summed E-state index contributed by atoms with van der Waals surface area (Å²) in [5.74, 6) is 1.42. The van der Waals surface area contributed by atoms with Gasteiger partial charge in [0.2, 0.25) is 0 Å². The fourth-order valence-electron chi connectivity index (χ4n) is 3.03. The highest BCUT2D eigenvalue weighted by Gasteiger charge is 2.34. The summed E-state index contributed by atoms with van der Waals surface area (Å²) >= 11 is 0. The minimum absolute atomic E-state index is 0.289. The van der Waals surface area contributed by atoms with Crippen LogP contribution in [0.5, 0.6) is 0 Å². The molecule has 0 aromatic carbocycles. The Kier molecular flexibility index (Phi) is 7.70. The summed E-state index contributed by atoms with van der Waals surface area (Å²) < 4.78 is 0. The summed E-state index contributed by atoms with van der Waals surface area (Å²) in [7, 11) is 0. The van der Waals surface area contributed by atoms with E-state index in [-0.39, 0.29) is 5.54 Å². The van der Waals surface area contributed by atoms with Crippen molar-refractivity contribution in [2.75, 3.05) is 19.6 Å². The minimum atomic E-state index is -0.289. The van der Waals surface area contributed by atoms with Gasteiger partial charge in [0.1, 0.15) is 5.54 Å². The molecular formula is C18H35N3. The van der Waals surface area contributed by atoms with Crippen molar-refractivity contribution in [2.24, 2.45) is 11.8 Å². The minimum Gasteiger partial charge on any atom is -0.303 e. The molecule has 1 saturated carbocycles. The fourth-order valence-corrected chi connectivity index (χ4v) is 3.03. The van der Waals surface area contributed by atoms with Crippen LogP contribution in [0.3, 0.4) is 0 Å². The molecule has 1 atom stereocenters. The summed E-state index contributed by atoms with van der Waals surface area (Å²) in [6.07, 6.45) is 5.49. The van der Waals surface area contributed by atoms with E-state index in [0.717, 1.165) is 25.8 Å². The highest BCUT2D eigenvalue weighted by molar-refractivity contribution is 5.09. The quantitative estimate of drug-likeness (QED) is 0.629. The Morgan fingerprint density at radius 3 is 2.14 bits per heavy atom. The molecule has 1 fully saturated rings. The molecule has 3 heteroatoms. The molecule has 0 aromatic heterocycles. The van der Waals surface area contributed by atoms with Gasteiger partial charge < -0.3 is 4.90 Å². The van der Waals surface area contributed by atoms with E-state index in [4.69, 9.17) is 0 Å². The molecule has 0 radical (unpaired) electrons. The van der Waals surface area contributed by atoms with Gasteiger partial charge in [0, 0.05) is 19.1 Å². The molecule has 0 aliphatic heterocycles. The predicted molar refractivity (Wildman–Crippen MR) is 90.1 cm³/mol. The zero-order valence-corrected chi connectivity index (χ0v) is 14.8. The van der Waals surface area contributed by atoms with Gasteiger partial charge in [0.15, 0.2) is 0 Å². The normalized spacial score (nSPS) is 18.2. The molecule has 0 bridgehead atoms. The second-order valence-corrected chi connectivity index (χ2v) is 7.62. The first-order valence-corrected chi connectivity index (χ1v) is 8.82. The van der Waals surface area contributed by atoms with Gasteiger partial charge in [-0.25, -0.2) is 0 Å². The second-order valence-electron chi connectivity index (χ2n) is 7.62. The Labute approximate surface area is 132 Å². The fraction of sp³-hybridized carbons (Fsp3) is 0.944. The van der Waals surface area contributed by atoms with Gasteiger partial charge in [0.05, 0.1) is 6.07 Å². The van der Waals surface area contributed by atoms with Crippen LogP contribution in [-0.2, 0) is 0 Å². The van der Waals surface area contributed by atoms with Crippen molar-refractivity contribution in [1.29, 1.82) is 5.26 Å². The Balaban J connectivity index is 2.43. The Morgan fingerprint density at radius 2 is 1.76 bits per heavy atom. The molecule has 0 saturated heterocycles. The molecule has 0 spiro atoms. The molecule has 3 nitrogen and oxygen atoms in total. The lowest BCUT2D eigenvalue weighted by Crippen LogP contribution is -2.45. The van der Waals surface area contributed by atoms with E-state index in [9.17, 15) is 5.26 Å². The molecule has 1 N–H and O–H groups in total. The average molecular weight is 293 g/mol. The number of hydrogen-bond donors (Lipinski definition) is 1. The van der Waals surface area contributed by atoms with E-state index in [0.29, 0.717) is 17.9 Å². The van der Waals surface area contributed by atoms with Crippen LogP contribution in [-0.4, -0.2) is 36.1 Å². The maximum atomic E-state index is 9.58. The Morgan fingerprint density at radius 1 is 1.19 bits per heavy atom. The largest absolute Gasteiger partial charge is 0.303 e. The highest BCUT2D eigenvalue weighted by Crippen LogP contribution is 2.26. The Bertz CT molecular complexity index is 318. The van der Waals surface area contributed by atoms with E-state index in [1.807, 2.05) is 0 Å². The average Bonchev–Trinajstić information content (AvgIpc) is 3.19. The van der Waals surface area contributed by atoms with Crippen molar-refractivity contribution in [3.63, 3.8) is 0 Å². The third kappa shape index (κ3) is 7.29. The van der Waals surface area contributed by atoms with E-state index < -0.39 is 0 Å². The molecule has 0 aromatic rings. The standard InChI is InChI=1S/C18H35N3/c1-6-18(14-19,20-17-8-9-17)10-7-11-21(12-15(2)3)13-16(4)5/h15-17,20H,6-13H2,1-5H3. The van der Waals surface area contributed by atoms with Crippen molar-refractivity contribution in [3.05, 3.63) is 0 Å². The molecule has 122 valence electrons. The lowest BCUT2D eigenvalue weighted by molar-refractivity contribution is 0.207. The maximum absolute atomic E-state index is 9.58. The molecule has 1 aliphatic carbocycles. The lowest BCUT2D eigenvalue weighted by atomic mass is 9.91. The summed E-state index contributed by atoms with van der Waals surface area (Å²) in [5.41, 5.74) is -0.289. The predicted octanol–water partition coefficient (Wildman–Crippen LogP) is 3.80. The van der Waals surface area contributed by atoms with Crippen molar-refractivity contribution < 1.29 is 0 Å². The molecule has 0 heterocycles. The van der Waals surface area contributed by atoms with Crippen molar-refractivity contribution >= 4 is 0 Å². The van der Waals surface area contributed by atoms with E-state index in [1.165, 1.54) is 25.9 Å². The van der Waals surface area contributed by atoms with Gasteiger partial charge in [-0.3, -0.25) is 5.32 Å². The van der Waals surface area contributed by atoms with Crippen LogP contribution in [0.4, 0.5) is 0 Å². The number of nitrogens with zero attached hydrogens (tertiary/aromatic N) is 2. The monoisotopic (exact) mass is 293 g/mol. The van der Waals surface area contributed by atoms with E-state index >= 15 is 0 Å². The lowest BCUT2D eigenvalue weighted by Gasteiger charge is -2.30. The van der Waals surface area contributed by atoms with E-state index in [2.05, 4.69) is 50.9 Å². The number of rotatable bonds is 11. The zero-order valence-electron chi connectivity index (χ0n) is 14.8. The van der Waals surface area contributed by atoms with Crippen molar-refractivity contribution in [2.45, 2.75) is 78.3 Å². The molecule has 1 unspecified atom stereocenters. The van der Waals surface area contributed by atoms with Crippen LogP contribution < -0.4 is 5.32 Å². The van der Waals surface area contributed by atoms with Gasteiger partial charge in [-0.05, 0) is 50.5 Å². The van der Waals surface area contributed by atoms with E-state index in [1.54, 1.807) is 0 Å². The Hall–Kier alpha value is -0.590. The smallest absolute Gasteiger partial charge is 0.106 e. The van der Waals surface area contributed by atoms with Crippen LogP contribution >= 0.6 is 0 Å². The van der Waals surface area contributed by atoms with Gasteiger partial charge in [-0.15, -0.1) is 0 Å². The third-order valence-electron chi connectivity index (χ3n) is 4.20. The van der Waals surface area contributed by atoms with Crippen LogP contribution in [0, 0.1) is 23.2 Å². The summed E-state index contributed by atoms with van der Waals surface area (Å²) in [6, 6.07) is 3.17. The molecular weight excluding hydrogens is 258 g/mol. The first-order valence-electron chi connectivity index (χ1n) is 8.82. The number of nitrogens with one attached hydrogen (secondary N) is 1. The SMILES string of the molecule is CCC(C#N)(CCCN(CC(C)C)CC(C)C)NC1CC1.